The summed E-state index contributed by atoms with van der Waals surface area (Å²) in [6.45, 7) is 1.74. The number of benzene rings is 1. The number of hydrogen-bond donors (Lipinski definition) is 1. The molecule has 0 spiro atoms. The average molecular weight is 323 g/mol. The van der Waals surface area contributed by atoms with E-state index in [-0.39, 0.29) is 29.0 Å². The Bertz CT molecular complexity index is 508. The molecular weight excluding hydrogens is 307 g/mol. The molecule has 0 radical (unpaired) electrons. The van der Waals surface area contributed by atoms with Crippen molar-refractivity contribution < 1.29 is 27.8 Å². The first kappa shape index (κ1) is 17.6. The van der Waals surface area contributed by atoms with Gasteiger partial charge in [-0.05, 0) is 43.4 Å². The molecule has 8 heteroatoms. The van der Waals surface area contributed by atoms with E-state index in [1.807, 2.05) is 0 Å². The normalized spacial score (nSPS) is 13.3. The van der Waals surface area contributed by atoms with Gasteiger partial charge >= 0.3 is 11.5 Å². The van der Waals surface area contributed by atoms with Gasteiger partial charge < -0.3 is 9.84 Å². The van der Waals surface area contributed by atoms with E-state index in [0.717, 1.165) is 0 Å². The molecule has 1 rings (SSSR count). The van der Waals surface area contributed by atoms with Crippen molar-refractivity contribution >= 4 is 17.7 Å². The number of methoxy groups -OCH3 is 1. The Morgan fingerprint density at radius 1 is 1.48 bits per heavy atom. The lowest BCUT2D eigenvalue weighted by Gasteiger charge is -2.21. The molecule has 0 aliphatic carbocycles. The molecule has 118 valence electrons. The second-order valence-electron chi connectivity index (χ2n) is 4.46. The molecule has 0 saturated heterocycles. The van der Waals surface area contributed by atoms with Crippen LogP contribution in [0.25, 0.3) is 0 Å². The van der Waals surface area contributed by atoms with Crippen molar-refractivity contribution in [2.75, 3.05) is 14.2 Å². The number of likely N-dealkylation sites (N-methyl/N-ethyl adjacent to an activating group) is 1. The van der Waals surface area contributed by atoms with Gasteiger partial charge in [-0.3, -0.25) is 9.69 Å². The molecule has 0 aromatic heterocycles. The molecule has 0 bridgehead atoms. The number of hydrogen-bond acceptors (Lipinski definition) is 4. The van der Waals surface area contributed by atoms with Crippen LogP contribution in [0.3, 0.4) is 0 Å². The van der Waals surface area contributed by atoms with Crippen molar-refractivity contribution in [3.8, 4) is 5.75 Å². The first-order valence-corrected chi connectivity index (χ1v) is 6.81. The first-order valence-electron chi connectivity index (χ1n) is 5.99. The predicted octanol–water partition coefficient (Wildman–Crippen LogP) is 3.21. The Balaban J connectivity index is 2.95. The molecule has 1 atom stereocenters. The summed E-state index contributed by atoms with van der Waals surface area (Å²) in [6.07, 6.45) is 0. The van der Waals surface area contributed by atoms with Gasteiger partial charge in [0.25, 0.3) is 0 Å². The van der Waals surface area contributed by atoms with E-state index in [0.29, 0.717) is 5.56 Å². The largest absolute Gasteiger partial charge is 0.496 e. The second-order valence-corrected chi connectivity index (χ2v) is 5.57. The van der Waals surface area contributed by atoms with Gasteiger partial charge in [0, 0.05) is 6.54 Å². The summed E-state index contributed by atoms with van der Waals surface area (Å²) in [6, 6.07) is 3.69. The quantitative estimate of drug-likeness (QED) is 0.815. The van der Waals surface area contributed by atoms with Crippen molar-refractivity contribution in [1.82, 2.24) is 4.90 Å². The van der Waals surface area contributed by atoms with Crippen molar-refractivity contribution in [3.63, 3.8) is 0 Å². The monoisotopic (exact) mass is 323 g/mol. The molecule has 4 nitrogen and oxygen atoms in total. The highest BCUT2D eigenvalue weighted by Gasteiger charge is 2.31. The zero-order valence-electron chi connectivity index (χ0n) is 11.8. The van der Waals surface area contributed by atoms with Crippen LogP contribution in [0.5, 0.6) is 5.75 Å². The van der Waals surface area contributed by atoms with Crippen molar-refractivity contribution in [3.05, 3.63) is 23.8 Å². The maximum Gasteiger partial charge on any atom is 0.446 e. The lowest BCUT2D eigenvalue weighted by atomic mass is 10.2. The van der Waals surface area contributed by atoms with E-state index >= 15 is 0 Å². The van der Waals surface area contributed by atoms with Gasteiger partial charge in [0.1, 0.15) is 11.8 Å². The van der Waals surface area contributed by atoms with E-state index in [9.17, 15) is 18.0 Å². The van der Waals surface area contributed by atoms with Crippen molar-refractivity contribution in [2.45, 2.75) is 29.9 Å². The molecule has 0 heterocycles. The number of alkyl halides is 3. The van der Waals surface area contributed by atoms with Crippen LogP contribution >= 0.6 is 11.8 Å². The Kier molecular flexibility index (Phi) is 5.91. The molecule has 21 heavy (non-hydrogen) atoms. The highest BCUT2D eigenvalue weighted by Crippen LogP contribution is 2.41. The van der Waals surface area contributed by atoms with E-state index in [1.165, 1.54) is 31.1 Å². The minimum atomic E-state index is -4.41. The molecule has 0 fully saturated rings. The molecule has 0 aliphatic heterocycles. The highest BCUT2D eigenvalue weighted by molar-refractivity contribution is 8.00. The smallest absolute Gasteiger partial charge is 0.446 e. The standard InChI is InChI=1S/C13H16F3NO3S/c1-8(12(18)19)17(2)7-9-4-5-10(20-3)11(6-9)21-13(14,15)16/h4-6,8H,7H2,1-3H3,(H,18,19). The van der Waals surface area contributed by atoms with E-state index in [1.54, 1.807) is 13.1 Å². The third-order valence-corrected chi connectivity index (χ3v) is 3.67. The van der Waals surface area contributed by atoms with Crippen LogP contribution in [0.2, 0.25) is 0 Å². The van der Waals surface area contributed by atoms with E-state index < -0.39 is 17.5 Å². The summed E-state index contributed by atoms with van der Waals surface area (Å²) >= 11 is -0.252. The Morgan fingerprint density at radius 3 is 2.57 bits per heavy atom. The average Bonchev–Trinajstić information content (AvgIpc) is 2.36. The fourth-order valence-electron chi connectivity index (χ4n) is 1.64. The topological polar surface area (TPSA) is 49.8 Å². The van der Waals surface area contributed by atoms with Crippen LogP contribution in [0, 0.1) is 0 Å². The zero-order chi connectivity index (χ0) is 16.2. The molecular formula is C13H16F3NO3S. The Labute approximate surface area is 124 Å². The van der Waals surface area contributed by atoms with Crippen molar-refractivity contribution in [2.24, 2.45) is 0 Å². The number of carboxylic acid groups (broad SMARTS) is 1. The summed E-state index contributed by atoms with van der Waals surface area (Å²) in [4.78, 5) is 12.4. The predicted molar refractivity (Wildman–Crippen MR) is 73.5 cm³/mol. The number of carbonyl (C=O) groups is 1. The number of nitrogens with zero attached hydrogens (tertiary/aromatic N) is 1. The number of carboxylic acids is 1. The SMILES string of the molecule is COc1ccc(CN(C)C(C)C(=O)O)cc1SC(F)(F)F. The summed E-state index contributed by atoms with van der Waals surface area (Å²) in [5.41, 5.74) is -3.83. The number of ether oxygens (including phenoxy) is 1. The van der Waals surface area contributed by atoms with Gasteiger partial charge in [-0.15, -0.1) is 0 Å². The minimum Gasteiger partial charge on any atom is -0.496 e. The van der Waals surface area contributed by atoms with Crippen LogP contribution in [-0.4, -0.2) is 41.7 Å². The van der Waals surface area contributed by atoms with E-state index in [2.05, 4.69) is 0 Å². The van der Waals surface area contributed by atoms with Gasteiger partial charge in [-0.2, -0.15) is 13.2 Å². The molecule has 1 aromatic carbocycles. The maximum atomic E-state index is 12.5. The highest BCUT2D eigenvalue weighted by atomic mass is 32.2. The van der Waals surface area contributed by atoms with Gasteiger partial charge in [-0.1, -0.05) is 6.07 Å². The number of rotatable bonds is 6. The molecule has 0 aliphatic rings. The van der Waals surface area contributed by atoms with Crippen LogP contribution in [0.1, 0.15) is 12.5 Å². The zero-order valence-corrected chi connectivity index (χ0v) is 12.6. The molecule has 1 aromatic rings. The van der Waals surface area contributed by atoms with Gasteiger partial charge in [-0.25, -0.2) is 0 Å². The minimum absolute atomic E-state index is 0.0427. The van der Waals surface area contributed by atoms with E-state index in [4.69, 9.17) is 9.84 Å². The molecule has 1 N–H and O–H groups in total. The fourth-order valence-corrected chi connectivity index (χ4v) is 2.35. The number of thioether (sulfide) groups is 1. The van der Waals surface area contributed by atoms with Crippen LogP contribution in [0.4, 0.5) is 13.2 Å². The van der Waals surface area contributed by atoms with Gasteiger partial charge in [0.05, 0.1) is 12.0 Å². The van der Waals surface area contributed by atoms with Crippen LogP contribution in [0.15, 0.2) is 23.1 Å². The van der Waals surface area contributed by atoms with Gasteiger partial charge in [0.15, 0.2) is 0 Å². The Morgan fingerprint density at radius 2 is 2.10 bits per heavy atom. The fraction of sp³-hybridized carbons (Fsp3) is 0.462. The van der Waals surface area contributed by atoms with Crippen molar-refractivity contribution in [1.29, 1.82) is 0 Å². The summed E-state index contributed by atoms with van der Waals surface area (Å²) in [7, 11) is 2.90. The summed E-state index contributed by atoms with van der Waals surface area (Å²) in [5.74, 6) is -0.856. The van der Waals surface area contributed by atoms with Crippen LogP contribution < -0.4 is 4.74 Å². The molecule has 0 amide bonds. The number of aliphatic carboxylic acids is 1. The second kappa shape index (κ2) is 7.04. The lowest BCUT2D eigenvalue weighted by molar-refractivity contribution is -0.142. The first-order chi connectivity index (χ1) is 9.64. The maximum absolute atomic E-state index is 12.5. The third kappa shape index (κ3) is 5.47. The number of halogens is 3. The summed E-state index contributed by atoms with van der Waals surface area (Å²) in [5, 5.41) is 8.91. The molecule has 1 unspecified atom stereocenters. The lowest BCUT2D eigenvalue weighted by Crippen LogP contribution is -2.35. The summed E-state index contributed by atoms with van der Waals surface area (Å²) < 4.78 is 42.4. The Hall–Kier alpha value is -1.41. The molecule has 0 saturated carbocycles. The van der Waals surface area contributed by atoms with Crippen LogP contribution in [-0.2, 0) is 11.3 Å². The third-order valence-electron chi connectivity index (χ3n) is 2.90. The van der Waals surface area contributed by atoms with Gasteiger partial charge in [0.2, 0.25) is 0 Å².